The molecule has 0 spiro atoms. The molecule has 228 valence electrons. The Bertz CT molecular complexity index is 1300. The summed E-state index contributed by atoms with van der Waals surface area (Å²) < 4.78 is 61.7. The van der Waals surface area contributed by atoms with Gasteiger partial charge in [-0.1, -0.05) is 24.5 Å². The third-order valence-electron chi connectivity index (χ3n) is 7.86. The van der Waals surface area contributed by atoms with Crippen LogP contribution in [0.1, 0.15) is 67.8 Å². The van der Waals surface area contributed by atoms with Crippen molar-refractivity contribution in [3.63, 3.8) is 0 Å². The lowest BCUT2D eigenvalue weighted by Crippen LogP contribution is -2.32. The standard InChI is InChI=1S/C32H40F4N4OS/c1-5-39(20-24-8-6-7-9-24)30-11-10-28(33)17-26(30)21-40(31-37-18-29(19-38-31)41-12-13-42-4)23(3)25-14-22(2)15-27(16-25)32(34,35)36/h10-11,14-19,23-24H,5-9,12-13,20-21H2,1-4H3. The van der Waals surface area contributed by atoms with Crippen molar-refractivity contribution in [2.45, 2.75) is 65.2 Å². The van der Waals surface area contributed by atoms with E-state index in [4.69, 9.17) is 4.74 Å². The summed E-state index contributed by atoms with van der Waals surface area (Å²) in [6, 6.07) is 8.32. The molecule has 1 aliphatic carbocycles. The molecule has 0 saturated heterocycles. The summed E-state index contributed by atoms with van der Waals surface area (Å²) in [6.45, 7) is 7.93. The van der Waals surface area contributed by atoms with E-state index in [-0.39, 0.29) is 12.4 Å². The zero-order valence-electron chi connectivity index (χ0n) is 24.8. The normalized spacial score (nSPS) is 14.7. The minimum Gasteiger partial charge on any atom is -0.489 e. The van der Waals surface area contributed by atoms with E-state index in [1.54, 1.807) is 37.1 Å². The van der Waals surface area contributed by atoms with Gasteiger partial charge in [0.2, 0.25) is 5.95 Å². The highest BCUT2D eigenvalue weighted by atomic mass is 32.2. The number of anilines is 2. The van der Waals surface area contributed by atoms with Crippen molar-refractivity contribution in [2.24, 2.45) is 5.92 Å². The highest BCUT2D eigenvalue weighted by Gasteiger charge is 2.32. The van der Waals surface area contributed by atoms with Gasteiger partial charge in [-0.3, -0.25) is 0 Å². The Hall–Kier alpha value is -3.01. The maximum Gasteiger partial charge on any atom is 0.416 e. The van der Waals surface area contributed by atoms with Crippen LogP contribution < -0.4 is 14.5 Å². The van der Waals surface area contributed by atoms with Crippen LogP contribution in [-0.4, -0.2) is 41.7 Å². The number of benzene rings is 2. The second-order valence-electron chi connectivity index (χ2n) is 11.0. The fourth-order valence-corrected chi connectivity index (χ4v) is 5.88. The number of hydrogen-bond acceptors (Lipinski definition) is 6. The van der Waals surface area contributed by atoms with Gasteiger partial charge >= 0.3 is 6.18 Å². The van der Waals surface area contributed by atoms with Crippen LogP contribution >= 0.6 is 11.8 Å². The Morgan fingerprint density at radius 3 is 2.43 bits per heavy atom. The number of thioether (sulfide) groups is 1. The van der Waals surface area contributed by atoms with Gasteiger partial charge in [0.1, 0.15) is 5.82 Å². The van der Waals surface area contributed by atoms with Gasteiger partial charge in [-0.2, -0.15) is 24.9 Å². The van der Waals surface area contributed by atoms with Crippen molar-refractivity contribution in [1.82, 2.24) is 9.97 Å². The second-order valence-corrected chi connectivity index (χ2v) is 11.9. The quantitative estimate of drug-likeness (QED) is 0.144. The lowest BCUT2D eigenvalue weighted by molar-refractivity contribution is -0.137. The zero-order valence-corrected chi connectivity index (χ0v) is 25.6. The smallest absolute Gasteiger partial charge is 0.416 e. The minimum atomic E-state index is -4.48. The van der Waals surface area contributed by atoms with E-state index in [2.05, 4.69) is 21.8 Å². The predicted molar refractivity (Wildman–Crippen MR) is 163 cm³/mol. The number of nitrogens with zero attached hydrogens (tertiary/aromatic N) is 4. The van der Waals surface area contributed by atoms with E-state index >= 15 is 0 Å². The van der Waals surface area contributed by atoms with Crippen molar-refractivity contribution in [2.75, 3.05) is 41.5 Å². The molecule has 10 heteroatoms. The Balaban J connectivity index is 1.73. The molecule has 0 radical (unpaired) electrons. The predicted octanol–water partition coefficient (Wildman–Crippen LogP) is 8.47. The van der Waals surface area contributed by atoms with Crippen molar-refractivity contribution in [3.8, 4) is 5.75 Å². The molecule has 1 saturated carbocycles. The van der Waals surface area contributed by atoms with Gasteiger partial charge in [-0.25, -0.2) is 14.4 Å². The Kier molecular flexibility index (Phi) is 11.0. The molecule has 1 unspecified atom stereocenters. The van der Waals surface area contributed by atoms with Gasteiger partial charge in [-0.05, 0) is 87.2 Å². The van der Waals surface area contributed by atoms with Crippen LogP contribution in [0.5, 0.6) is 5.75 Å². The summed E-state index contributed by atoms with van der Waals surface area (Å²) in [5.74, 6) is 1.87. The molecule has 0 bridgehead atoms. The fraction of sp³-hybridized carbons (Fsp3) is 0.500. The molecular weight excluding hydrogens is 564 g/mol. The number of ether oxygens (including phenoxy) is 1. The third-order valence-corrected chi connectivity index (χ3v) is 8.44. The number of halogens is 4. The molecule has 1 atom stereocenters. The summed E-state index contributed by atoms with van der Waals surface area (Å²) in [5.41, 5.74) is 1.92. The van der Waals surface area contributed by atoms with E-state index in [0.717, 1.165) is 36.2 Å². The average molecular weight is 605 g/mol. The van der Waals surface area contributed by atoms with Crippen LogP contribution in [-0.2, 0) is 12.7 Å². The Labute approximate surface area is 250 Å². The molecule has 5 nitrogen and oxygen atoms in total. The van der Waals surface area contributed by atoms with Crippen molar-refractivity contribution in [1.29, 1.82) is 0 Å². The maximum atomic E-state index is 14.7. The van der Waals surface area contributed by atoms with Gasteiger partial charge in [0.25, 0.3) is 0 Å². The van der Waals surface area contributed by atoms with Gasteiger partial charge in [0, 0.05) is 31.1 Å². The van der Waals surface area contributed by atoms with E-state index in [0.29, 0.717) is 35.3 Å². The van der Waals surface area contributed by atoms with E-state index in [9.17, 15) is 17.6 Å². The van der Waals surface area contributed by atoms with Crippen molar-refractivity contribution >= 4 is 23.4 Å². The topological polar surface area (TPSA) is 41.5 Å². The molecule has 4 rings (SSSR count). The van der Waals surface area contributed by atoms with Gasteiger partial charge in [0.05, 0.1) is 30.6 Å². The molecule has 1 aliphatic rings. The van der Waals surface area contributed by atoms with Crippen LogP contribution in [0.4, 0.5) is 29.2 Å². The van der Waals surface area contributed by atoms with Gasteiger partial charge < -0.3 is 14.5 Å². The van der Waals surface area contributed by atoms with Crippen LogP contribution in [0.3, 0.4) is 0 Å². The number of aromatic nitrogens is 2. The Morgan fingerprint density at radius 1 is 1.07 bits per heavy atom. The molecule has 1 fully saturated rings. The molecule has 0 aliphatic heterocycles. The average Bonchev–Trinajstić information content (AvgIpc) is 3.48. The molecule has 1 aromatic heterocycles. The molecule has 42 heavy (non-hydrogen) atoms. The van der Waals surface area contributed by atoms with E-state index < -0.39 is 17.8 Å². The molecule has 0 amide bonds. The first-order valence-electron chi connectivity index (χ1n) is 14.5. The molecular formula is C32H40F4N4OS. The first-order chi connectivity index (χ1) is 20.1. The van der Waals surface area contributed by atoms with Crippen molar-refractivity contribution < 1.29 is 22.3 Å². The molecule has 0 N–H and O–H groups in total. The van der Waals surface area contributed by atoms with Gasteiger partial charge in [0.15, 0.2) is 5.75 Å². The zero-order chi connectivity index (χ0) is 30.3. The van der Waals surface area contributed by atoms with Crippen LogP contribution in [0.2, 0.25) is 0 Å². The third kappa shape index (κ3) is 8.30. The van der Waals surface area contributed by atoms with E-state index in [1.807, 2.05) is 24.1 Å². The molecule has 2 aromatic carbocycles. The molecule has 1 heterocycles. The van der Waals surface area contributed by atoms with E-state index in [1.165, 1.54) is 43.9 Å². The number of alkyl halides is 3. The SMILES string of the molecule is CCN(CC1CCCC1)c1ccc(F)cc1CN(c1ncc(OCCSC)cn1)C(C)c1cc(C)cc(C(F)(F)F)c1. The largest absolute Gasteiger partial charge is 0.489 e. The molecule has 3 aromatic rings. The van der Waals surface area contributed by atoms with Gasteiger partial charge in [-0.15, -0.1) is 0 Å². The fourth-order valence-electron chi connectivity index (χ4n) is 5.63. The minimum absolute atomic E-state index is 0.206. The first-order valence-corrected chi connectivity index (χ1v) is 15.9. The number of rotatable bonds is 13. The summed E-state index contributed by atoms with van der Waals surface area (Å²) >= 11 is 1.66. The summed E-state index contributed by atoms with van der Waals surface area (Å²) in [7, 11) is 0. The summed E-state index contributed by atoms with van der Waals surface area (Å²) in [6.07, 6.45) is 5.49. The van der Waals surface area contributed by atoms with Crippen molar-refractivity contribution in [3.05, 3.63) is 76.9 Å². The monoisotopic (exact) mass is 604 g/mol. The van der Waals surface area contributed by atoms with Crippen LogP contribution in [0.15, 0.2) is 48.8 Å². The highest BCUT2D eigenvalue weighted by Crippen LogP contribution is 2.36. The lowest BCUT2D eigenvalue weighted by atomic mass is 9.99. The maximum absolute atomic E-state index is 14.7. The summed E-state index contributed by atoms with van der Waals surface area (Å²) in [5, 5.41) is 0. The Morgan fingerprint density at radius 2 is 1.79 bits per heavy atom. The van der Waals surface area contributed by atoms with Crippen LogP contribution in [0.25, 0.3) is 0 Å². The second kappa shape index (κ2) is 14.4. The number of aryl methyl sites for hydroxylation is 1. The van der Waals surface area contributed by atoms with Crippen LogP contribution in [0, 0.1) is 18.7 Å². The highest BCUT2D eigenvalue weighted by molar-refractivity contribution is 7.98. The lowest BCUT2D eigenvalue weighted by Gasteiger charge is -2.33. The first kappa shape index (κ1) is 31.9. The summed E-state index contributed by atoms with van der Waals surface area (Å²) in [4.78, 5) is 13.2. The number of hydrogen-bond donors (Lipinski definition) is 0.